The lowest BCUT2D eigenvalue weighted by Gasteiger charge is -2.27. The van der Waals surface area contributed by atoms with Crippen LogP contribution in [0.5, 0.6) is 5.75 Å². The summed E-state index contributed by atoms with van der Waals surface area (Å²) in [6.07, 6.45) is 0. The van der Waals surface area contributed by atoms with Crippen LogP contribution in [0.3, 0.4) is 0 Å². The van der Waals surface area contributed by atoms with Crippen LogP contribution in [-0.4, -0.2) is 39.1 Å². The molecule has 0 bridgehead atoms. The third-order valence-corrected chi connectivity index (χ3v) is 4.03. The second-order valence-corrected chi connectivity index (χ2v) is 5.46. The van der Waals surface area contributed by atoms with E-state index in [1.807, 2.05) is 42.5 Å². The van der Waals surface area contributed by atoms with Gasteiger partial charge in [0.1, 0.15) is 5.75 Å². The smallest absolute Gasteiger partial charge is 0.193 e. The fourth-order valence-corrected chi connectivity index (χ4v) is 2.76. The topological polar surface area (TPSA) is 46.1 Å². The zero-order valence-electron chi connectivity index (χ0n) is 12.8. The van der Waals surface area contributed by atoms with Gasteiger partial charge in [-0.25, -0.2) is 0 Å². The number of benzene rings is 2. The van der Waals surface area contributed by atoms with Gasteiger partial charge in [0.25, 0.3) is 0 Å². The number of hydrogen-bond donors (Lipinski definition) is 1. The van der Waals surface area contributed by atoms with Crippen LogP contribution in [0, 0.1) is 0 Å². The molecule has 0 aliphatic carbocycles. The number of hydrogen-bond acceptors (Lipinski definition) is 3. The van der Waals surface area contributed by atoms with Crippen LogP contribution >= 0.6 is 0 Å². The molecule has 22 heavy (non-hydrogen) atoms. The molecular weight excluding hydrogens is 276 g/mol. The third-order valence-electron chi connectivity index (χ3n) is 4.03. The number of anilines is 1. The van der Waals surface area contributed by atoms with E-state index in [4.69, 9.17) is 4.74 Å². The minimum Gasteiger partial charge on any atom is -0.497 e. The Hall–Kier alpha value is -2.33. The van der Waals surface area contributed by atoms with Crippen molar-refractivity contribution in [3.8, 4) is 5.75 Å². The van der Waals surface area contributed by atoms with Crippen molar-refractivity contribution in [2.45, 2.75) is 0 Å². The fraction of sp³-hybridized carbons (Fsp3) is 0.278. The molecule has 1 saturated heterocycles. The molecule has 1 heterocycles. The maximum absolute atomic E-state index is 12.5. The number of piperazine rings is 1. The number of ether oxygens (including phenoxy) is 1. The van der Waals surface area contributed by atoms with Crippen molar-refractivity contribution in [3.05, 3.63) is 59.7 Å². The average molecular weight is 297 g/mol. The molecule has 1 aliphatic rings. The molecule has 0 saturated carbocycles. The summed E-state index contributed by atoms with van der Waals surface area (Å²) in [5, 5.41) is 2.33. The van der Waals surface area contributed by atoms with E-state index in [0.717, 1.165) is 26.2 Å². The van der Waals surface area contributed by atoms with Crippen molar-refractivity contribution < 1.29 is 14.8 Å². The first kappa shape index (κ1) is 14.6. The van der Waals surface area contributed by atoms with Gasteiger partial charge in [0.2, 0.25) is 0 Å². The van der Waals surface area contributed by atoms with Crippen LogP contribution in [0.25, 0.3) is 0 Å². The number of nitrogens with two attached hydrogens (primary N) is 1. The van der Waals surface area contributed by atoms with Gasteiger partial charge < -0.3 is 15.0 Å². The van der Waals surface area contributed by atoms with E-state index >= 15 is 0 Å². The minimum atomic E-state index is 0.0254. The number of nitrogens with zero attached hydrogens (tertiary/aromatic N) is 1. The van der Waals surface area contributed by atoms with E-state index in [0.29, 0.717) is 16.9 Å². The molecular formula is C18H21N2O2+. The lowest BCUT2D eigenvalue weighted by Crippen LogP contribution is -2.89. The standard InChI is InChI=1S/C18H20N2O2/c1-22-17-4-2-3-15(13-17)18(21)14-5-7-16(8-6-14)20-11-9-19-10-12-20/h2-8,13,19H,9-12H2,1H3/p+1. The lowest BCUT2D eigenvalue weighted by atomic mass is 10.0. The van der Waals surface area contributed by atoms with Gasteiger partial charge in [-0.05, 0) is 36.4 Å². The van der Waals surface area contributed by atoms with Crippen molar-refractivity contribution in [2.24, 2.45) is 0 Å². The monoisotopic (exact) mass is 297 g/mol. The van der Waals surface area contributed by atoms with Crippen LogP contribution in [0.4, 0.5) is 5.69 Å². The van der Waals surface area contributed by atoms with Crippen molar-refractivity contribution in [2.75, 3.05) is 38.2 Å². The maximum atomic E-state index is 12.5. The van der Waals surface area contributed by atoms with E-state index < -0.39 is 0 Å². The fourth-order valence-electron chi connectivity index (χ4n) is 2.76. The van der Waals surface area contributed by atoms with Gasteiger partial charge in [0.15, 0.2) is 5.78 Å². The molecule has 3 rings (SSSR count). The molecule has 2 N–H and O–H groups in total. The summed E-state index contributed by atoms with van der Waals surface area (Å²) in [4.78, 5) is 14.9. The first-order valence-electron chi connectivity index (χ1n) is 7.63. The zero-order valence-corrected chi connectivity index (χ0v) is 12.8. The summed E-state index contributed by atoms with van der Waals surface area (Å²) in [7, 11) is 1.61. The summed E-state index contributed by atoms with van der Waals surface area (Å²) in [5.74, 6) is 0.726. The third kappa shape index (κ3) is 3.12. The first-order valence-corrected chi connectivity index (χ1v) is 7.63. The molecule has 0 radical (unpaired) electrons. The molecule has 114 valence electrons. The van der Waals surface area contributed by atoms with E-state index in [2.05, 4.69) is 10.2 Å². The van der Waals surface area contributed by atoms with Crippen molar-refractivity contribution in [1.82, 2.24) is 0 Å². The Bertz CT molecular complexity index is 646. The molecule has 1 aliphatic heterocycles. The largest absolute Gasteiger partial charge is 0.497 e. The summed E-state index contributed by atoms with van der Waals surface area (Å²) in [5.41, 5.74) is 2.55. The highest BCUT2D eigenvalue weighted by Crippen LogP contribution is 2.19. The molecule has 4 heteroatoms. The maximum Gasteiger partial charge on any atom is 0.193 e. The van der Waals surface area contributed by atoms with Crippen molar-refractivity contribution in [1.29, 1.82) is 0 Å². The van der Waals surface area contributed by atoms with Crippen LogP contribution in [0.15, 0.2) is 48.5 Å². The van der Waals surface area contributed by atoms with Gasteiger partial charge in [-0.1, -0.05) is 12.1 Å². The van der Waals surface area contributed by atoms with Gasteiger partial charge in [-0.2, -0.15) is 0 Å². The number of quaternary nitrogens is 1. The predicted octanol–water partition coefficient (Wildman–Crippen LogP) is 1.31. The summed E-state index contributed by atoms with van der Waals surface area (Å²) < 4.78 is 5.18. The van der Waals surface area contributed by atoms with Crippen molar-refractivity contribution >= 4 is 11.5 Å². The molecule has 2 aromatic rings. The Morgan fingerprint density at radius 3 is 2.45 bits per heavy atom. The normalized spacial score (nSPS) is 14.7. The molecule has 0 atom stereocenters. The highest BCUT2D eigenvalue weighted by Gasteiger charge is 2.14. The molecule has 0 spiro atoms. The highest BCUT2D eigenvalue weighted by atomic mass is 16.5. The summed E-state index contributed by atoms with van der Waals surface area (Å²) >= 11 is 0. The van der Waals surface area contributed by atoms with Gasteiger partial charge in [-0.3, -0.25) is 4.79 Å². The first-order chi connectivity index (χ1) is 10.8. The number of carbonyl (C=O) groups is 1. The van der Waals surface area contributed by atoms with Crippen molar-refractivity contribution in [3.63, 3.8) is 0 Å². The number of carbonyl (C=O) groups excluding carboxylic acids is 1. The van der Waals surface area contributed by atoms with Gasteiger partial charge in [0, 0.05) is 16.8 Å². The summed E-state index contributed by atoms with van der Waals surface area (Å²) in [6, 6.07) is 15.2. The zero-order chi connectivity index (χ0) is 15.4. The average Bonchev–Trinajstić information content (AvgIpc) is 2.62. The van der Waals surface area contributed by atoms with Gasteiger partial charge >= 0.3 is 0 Å². The second-order valence-electron chi connectivity index (χ2n) is 5.46. The highest BCUT2D eigenvalue weighted by molar-refractivity contribution is 6.09. The quantitative estimate of drug-likeness (QED) is 0.866. The van der Waals surface area contributed by atoms with E-state index in [9.17, 15) is 4.79 Å². The second kappa shape index (κ2) is 6.62. The molecule has 0 amide bonds. The lowest BCUT2D eigenvalue weighted by molar-refractivity contribution is -0.655. The molecule has 1 fully saturated rings. The van der Waals surface area contributed by atoms with Crippen LogP contribution in [0.1, 0.15) is 15.9 Å². The van der Waals surface area contributed by atoms with Crippen LogP contribution in [-0.2, 0) is 0 Å². The van der Waals surface area contributed by atoms with Crippen LogP contribution in [0.2, 0.25) is 0 Å². The van der Waals surface area contributed by atoms with E-state index in [1.54, 1.807) is 13.2 Å². The van der Waals surface area contributed by atoms with Gasteiger partial charge in [0.05, 0.1) is 33.3 Å². The Kier molecular flexibility index (Phi) is 4.39. The van der Waals surface area contributed by atoms with Gasteiger partial charge in [-0.15, -0.1) is 0 Å². The number of ketones is 1. The molecule has 4 nitrogen and oxygen atoms in total. The SMILES string of the molecule is COc1cccc(C(=O)c2ccc(N3CC[NH2+]CC3)cc2)c1. The van der Waals surface area contributed by atoms with E-state index in [1.165, 1.54) is 5.69 Å². The Balaban J connectivity index is 1.78. The number of rotatable bonds is 4. The van der Waals surface area contributed by atoms with E-state index in [-0.39, 0.29) is 5.78 Å². The number of methoxy groups -OCH3 is 1. The Labute approximate surface area is 130 Å². The molecule has 0 aromatic heterocycles. The predicted molar refractivity (Wildman–Crippen MR) is 86.7 cm³/mol. The molecule has 0 unspecified atom stereocenters. The molecule has 2 aromatic carbocycles. The Morgan fingerprint density at radius 2 is 1.77 bits per heavy atom. The van der Waals surface area contributed by atoms with Crippen LogP contribution < -0.4 is 15.0 Å². The summed E-state index contributed by atoms with van der Waals surface area (Å²) in [6.45, 7) is 4.38. The Morgan fingerprint density at radius 1 is 1.05 bits per heavy atom. The minimum absolute atomic E-state index is 0.0254.